The van der Waals surface area contributed by atoms with Crippen LogP contribution in [-0.2, 0) is 0 Å². The molecule has 1 atom stereocenters. The number of benzene rings is 2. The number of thiazole rings is 1. The molecule has 0 bridgehead atoms. The second-order valence-electron chi connectivity index (χ2n) is 6.38. The maximum atomic E-state index is 11.0. The van der Waals surface area contributed by atoms with E-state index in [1.165, 1.54) is 16.8 Å². The molecule has 0 amide bonds. The van der Waals surface area contributed by atoms with E-state index < -0.39 is 4.92 Å². The molecule has 0 aliphatic carbocycles. The third-order valence-corrected chi connectivity index (χ3v) is 5.93. The Morgan fingerprint density at radius 3 is 2.92 bits per heavy atom. The van der Waals surface area contributed by atoms with Gasteiger partial charge in [0.1, 0.15) is 6.07 Å². The number of para-hydroxylation sites is 1. The first kappa shape index (κ1) is 16.5. The van der Waals surface area contributed by atoms with Crippen molar-refractivity contribution in [1.29, 1.82) is 5.26 Å². The van der Waals surface area contributed by atoms with Gasteiger partial charge in [-0.2, -0.15) is 5.26 Å². The summed E-state index contributed by atoms with van der Waals surface area (Å²) in [4.78, 5) is 17.4. The molecular formula is C19H16N4O2S. The highest BCUT2D eigenvalue weighted by molar-refractivity contribution is 7.18. The highest BCUT2D eigenvalue weighted by Crippen LogP contribution is 2.35. The summed E-state index contributed by atoms with van der Waals surface area (Å²) in [5.74, 6) is 0.308. The molecular weight excluding hydrogens is 348 g/mol. The molecule has 0 N–H and O–H groups in total. The number of nitro benzene ring substituents is 1. The quantitative estimate of drug-likeness (QED) is 0.506. The molecule has 0 unspecified atom stereocenters. The van der Waals surface area contributed by atoms with Crippen molar-refractivity contribution in [1.82, 2.24) is 4.98 Å². The fourth-order valence-corrected chi connectivity index (χ4v) is 4.56. The van der Waals surface area contributed by atoms with Gasteiger partial charge < -0.3 is 4.90 Å². The lowest BCUT2D eigenvalue weighted by Gasteiger charge is -2.34. The number of hydrogen-bond donors (Lipinski definition) is 0. The highest BCUT2D eigenvalue weighted by atomic mass is 32.1. The second-order valence-corrected chi connectivity index (χ2v) is 7.44. The van der Waals surface area contributed by atoms with Crippen LogP contribution in [0.25, 0.3) is 10.2 Å². The zero-order valence-corrected chi connectivity index (χ0v) is 14.8. The number of piperidine rings is 1. The zero-order chi connectivity index (χ0) is 18.1. The Bertz CT molecular complexity index is 991. The Kier molecular flexibility index (Phi) is 4.27. The van der Waals surface area contributed by atoms with Crippen molar-refractivity contribution >= 4 is 32.9 Å². The lowest BCUT2D eigenvalue weighted by atomic mass is 9.97. The van der Waals surface area contributed by atoms with E-state index in [1.54, 1.807) is 17.4 Å². The van der Waals surface area contributed by atoms with Crippen molar-refractivity contribution in [2.24, 2.45) is 0 Å². The molecule has 1 saturated heterocycles. The molecule has 26 heavy (non-hydrogen) atoms. The molecule has 0 saturated carbocycles. The fraction of sp³-hybridized carbons (Fsp3) is 0.263. The lowest BCUT2D eigenvalue weighted by Crippen LogP contribution is -2.34. The molecule has 1 aromatic heterocycles. The third-order valence-electron chi connectivity index (χ3n) is 4.73. The minimum absolute atomic E-state index is 0.0509. The van der Waals surface area contributed by atoms with Crippen LogP contribution in [0.2, 0.25) is 0 Å². The van der Waals surface area contributed by atoms with E-state index in [0.29, 0.717) is 11.5 Å². The molecule has 1 aliphatic heterocycles. The van der Waals surface area contributed by atoms with E-state index in [9.17, 15) is 15.4 Å². The molecule has 2 aromatic carbocycles. The molecule has 0 radical (unpaired) electrons. The Hall–Kier alpha value is -2.98. The first-order valence-corrected chi connectivity index (χ1v) is 9.26. The largest absolute Gasteiger partial charge is 0.370 e. The molecule has 6 nitrogen and oxygen atoms in total. The first-order valence-electron chi connectivity index (χ1n) is 8.44. The van der Waals surface area contributed by atoms with Crippen molar-refractivity contribution in [3.63, 3.8) is 0 Å². The third kappa shape index (κ3) is 3.00. The minimum atomic E-state index is -0.468. The van der Waals surface area contributed by atoms with Gasteiger partial charge in [-0.1, -0.05) is 12.1 Å². The summed E-state index contributed by atoms with van der Waals surface area (Å²) in [6.07, 6.45) is 2.06. The van der Waals surface area contributed by atoms with Crippen LogP contribution in [0, 0.1) is 21.4 Å². The predicted octanol–water partition coefficient (Wildman–Crippen LogP) is 4.46. The Morgan fingerprint density at radius 2 is 2.15 bits per heavy atom. The summed E-state index contributed by atoms with van der Waals surface area (Å²) in [5, 5.41) is 21.5. The maximum absolute atomic E-state index is 11.0. The van der Waals surface area contributed by atoms with Crippen LogP contribution in [0.1, 0.15) is 29.3 Å². The van der Waals surface area contributed by atoms with Crippen LogP contribution >= 0.6 is 11.3 Å². The van der Waals surface area contributed by atoms with Gasteiger partial charge in [0.2, 0.25) is 0 Å². The fourth-order valence-electron chi connectivity index (χ4n) is 3.47. The van der Waals surface area contributed by atoms with E-state index in [2.05, 4.69) is 17.0 Å². The van der Waals surface area contributed by atoms with Gasteiger partial charge in [0.15, 0.2) is 0 Å². The van der Waals surface area contributed by atoms with Crippen LogP contribution in [0.15, 0.2) is 42.5 Å². The molecule has 130 valence electrons. The number of non-ortho nitro benzene ring substituents is 1. The minimum Gasteiger partial charge on any atom is -0.370 e. The number of anilines is 1. The van der Waals surface area contributed by atoms with Crippen molar-refractivity contribution in [3.8, 4) is 6.07 Å². The molecule has 4 rings (SSSR count). The van der Waals surface area contributed by atoms with Crippen LogP contribution in [-0.4, -0.2) is 23.0 Å². The van der Waals surface area contributed by atoms with Crippen molar-refractivity contribution in [2.45, 2.75) is 18.8 Å². The van der Waals surface area contributed by atoms with Crippen LogP contribution < -0.4 is 4.90 Å². The number of nitrogens with zero attached hydrogens (tertiary/aromatic N) is 4. The normalized spacial score (nSPS) is 17.2. The van der Waals surface area contributed by atoms with Crippen molar-refractivity contribution in [3.05, 3.63) is 63.1 Å². The van der Waals surface area contributed by atoms with E-state index in [1.807, 2.05) is 18.2 Å². The van der Waals surface area contributed by atoms with Gasteiger partial charge in [-0.25, -0.2) is 4.98 Å². The standard InChI is InChI=1S/C19H16N4O2S/c20-11-14-10-15(23(24)25)7-8-17(14)22-9-3-4-13(12-22)19-21-16-5-1-2-6-18(16)26-19/h1-2,5-8,10,13H,3-4,9,12H2/t13-/m0/s1. The molecule has 1 fully saturated rings. The molecule has 7 heteroatoms. The van der Waals surface area contributed by atoms with Gasteiger partial charge in [0, 0.05) is 31.1 Å². The molecule has 0 spiro atoms. The van der Waals surface area contributed by atoms with Crippen LogP contribution in [0.3, 0.4) is 0 Å². The maximum Gasteiger partial charge on any atom is 0.270 e. The van der Waals surface area contributed by atoms with E-state index in [4.69, 9.17) is 4.98 Å². The van der Waals surface area contributed by atoms with Gasteiger partial charge in [0.25, 0.3) is 5.69 Å². The van der Waals surface area contributed by atoms with Gasteiger partial charge in [-0.05, 0) is 31.0 Å². The number of rotatable bonds is 3. The van der Waals surface area contributed by atoms with Crippen LogP contribution in [0.5, 0.6) is 0 Å². The van der Waals surface area contributed by atoms with Gasteiger partial charge >= 0.3 is 0 Å². The monoisotopic (exact) mass is 364 g/mol. The van der Waals surface area contributed by atoms with Gasteiger partial charge in [-0.15, -0.1) is 11.3 Å². The molecule has 2 heterocycles. The SMILES string of the molecule is N#Cc1cc([N+](=O)[O-])ccc1N1CCC[C@H](c2nc3ccccc3s2)C1. The summed E-state index contributed by atoms with van der Waals surface area (Å²) < 4.78 is 1.19. The topological polar surface area (TPSA) is 83.1 Å². The Labute approximate surface area is 154 Å². The van der Waals surface area contributed by atoms with Crippen LogP contribution in [0.4, 0.5) is 11.4 Å². The molecule has 3 aromatic rings. The summed E-state index contributed by atoms with van der Waals surface area (Å²) >= 11 is 1.73. The summed E-state index contributed by atoms with van der Waals surface area (Å²) in [7, 11) is 0. The summed E-state index contributed by atoms with van der Waals surface area (Å²) in [5.41, 5.74) is 2.09. The van der Waals surface area contributed by atoms with Crippen molar-refractivity contribution < 1.29 is 4.92 Å². The number of hydrogen-bond acceptors (Lipinski definition) is 6. The lowest BCUT2D eigenvalue weighted by molar-refractivity contribution is -0.384. The van der Waals surface area contributed by atoms with Gasteiger partial charge in [0.05, 0.1) is 31.4 Å². The highest BCUT2D eigenvalue weighted by Gasteiger charge is 2.26. The number of aromatic nitrogens is 1. The van der Waals surface area contributed by atoms with E-state index in [-0.39, 0.29) is 5.69 Å². The summed E-state index contributed by atoms with van der Waals surface area (Å²) in [6, 6.07) is 14.8. The smallest absolute Gasteiger partial charge is 0.270 e. The average molecular weight is 364 g/mol. The second kappa shape index (κ2) is 6.73. The van der Waals surface area contributed by atoms with E-state index >= 15 is 0 Å². The summed E-state index contributed by atoms with van der Waals surface area (Å²) in [6.45, 7) is 1.61. The molecule has 1 aliphatic rings. The van der Waals surface area contributed by atoms with Gasteiger partial charge in [-0.3, -0.25) is 10.1 Å². The number of nitriles is 1. The van der Waals surface area contributed by atoms with E-state index in [0.717, 1.165) is 42.1 Å². The number of nitro groups is 1. The van der Waals surface area contributed by atoms with Crippen molar-refractivity contribution in [2.75, 3.05) is 18.0 Å². The Morgan fingerprint density at radius 1 is 1.31 bits per heavy atom. The Balaban J connectivity index is 1.62. The zero-order valence-electron chi connectivity index (χ0n) is 14.0. The number of fused-ring (bicyclic) bond motifs is 1. The first-order chi connectivity index (χ1) is 12.7. The predicted molar refractivity (Wildman–Crippen MR) is 102 cm³/mol. The average Bonchev–Trinajstić information content (AvgIpc) is 3.12.